The third kappa shape index (κ3) is 24.7. The summed E-state index contributed by atoms with van der Waals surface area (Å²) in [6.45, 7) is 14.1. The number of hydrogen-bond donors (Lipinski definition) is 1. The molecule has 0 saturated carbocycles. The summed E-state index contributed by atoms with van der Waals surface area (Å²) in [7, 11) is 0. The molecule has 0 aliphatic rings. The van der Waals surface area contributed by atoms with E-state index in [2.05, 4.69) is 53.7 Å². The molecule has 0 heterocycles. The van der Waals surface area contributed by atoms with Crippen molar-refractivity contribution in [2.24, 2.45) is 17.8 Å². The van der Waals surface area contributed by atoms with Crippen LogP contribution < -0.4 is 5.73 Å². The molecule has 0 fully saturated rings. The molecular formula is C48H92BrN. The van der Waals surface area contributed by atoms with Crippen LogP contribution in [0.5, 0.6) is 0 Å². The molecule has 0 saturated heterocycles. The van der Waals surface area contributed by atoms with Crippen molar-refractivity contribution in [1.82, 2.24) is 0 Å². The first-order valence-electron chi connectivity index (χ1n) is 22.9. The fourth-order valence-electron chi connectivity index (χ4n) is 8.67. The number of hydrogen-bond acceptors (Lipinski definition) is 1. The number of rotatable bonds is 36. The van der Waals surface area contributed by atoms with Crippen molar-refractivity contribution in [3.63, 3.8) is 0 Å². The molecule has 0 bridgehead atoms. The smallest absolute Gasteiger partial charge is 0.0349 e. The molecular weight excluding hydrogens is 670 g/mol. The van der Waals surface area contributed by atoms with Crippen molar-refractivity contribution in [2.75, 3.05) is 5.73 Å². The minimum absolute atomic E-state index is 0. The molecule has 0 aliphatic carbocycles. The van der Waals surface area contributed by atoms with Crippen molar-refractivity contribution >= 4 is 22.7 Å². The van der Waals surface area contributed by atoms with Gasteiger partial charge in [0.15, 0.2) is 0 Å². The quantitative estimate of drug-likeness (QED) is 0.0535. The largest absolute Gasteiger partial charge is 0.398 e. The molecule has 50 heavy (non-hydrogen) atoms. The molecule has 0 amide bonds. The number of nitrogen functional groups attached to an aromatic ring is 1. The second kappa shape index (κ2) is 35.5. The first-order valence-corrected chi connectivity index (χ1v) is 22.9. The van der Waals surface area contributed by atoms with Crippen molar-refractivity contribution < 1.29 is 0 Å². The van der Waals surface area contributed by atoms with Gasteiger partial charge >= 0.3 is 0 Å². The van der Waals surface area contributed by atoms with Crippen LogP contribution in [0.15, 0.2) is 12.1 Å². The van der Waals surface area contributed by atoms with E-state index in [9.17, 15) is 0 Å². The number of benzene rings is 1. The van der Waals surface area contributed by atoms with Crippen LogP contribution in [0, 0.1) is 17.8 Å². The number of halogens is 1. The van der Waals surface area contributed by atoms with Gasteiger partial charge in [-0.1, -0.05) is 221 Å². The highest BCUT2D eigenvalue weighted by molar-refractivity contribution is 8.93. The Morgan fingerprint density at radius 1 is 0.360 bits per heavy atom. The maximum absolute atomic E-state index is 6.90. The minimum atomic E-state index is 0. The Hall–Kier alpha value is -0.500. The van der Waals surface area contributed by atoms with Gasteiger partial charge in [-0.2, -0.15) is 0 Å². The van der Waals surface area contributed by atoms with Crippen LogP contribution in [0.25, 0.3) is 0 Å². The normalized spacial score (nSPS) is 13.3. The minimum Gasteiger partial charge on any atom is -0.398 e. The lowest BCUT2D eigenvalue weighted by Crippen LogP contribution is -2.09. The molecule has 0 radical (unpaired) electrons. The summed E-state index contributed by atoms with van der Waals surface area (Å²) >= 11 is 0. The predicted octanol–water partition coefficient (Wildman–Crippen LogP) is 17.1. The van der Waals surface area contributed by atoms with Crippen molar-refractivity contribution in [3.8, 4) is 0 Å². The maximum Gasteiger partial charge on any atom is 0.0349 e. The molecule has 0 aromatic heterocycles. The Morgan fingerprint density at radius 3 is 1.06 bits per heavy atom. The fourth-order valence-corrected chi connectivity index (χ4v) is 8.67. The summed E-state index contributed by atoms with van der Waals surface area (Å²) in [4.78, 5) is 0. The van der Waals surface area contributed by atoms with Crippen molar-refractivity contribution in [3.05, 3.63) is 28.8 Å². The van der Waals surface area contributed by atoms with Crippen LogP contribution in [0.4, 0.5) is 5.69 Å². The predicted molar refractivity (Wildman–Crippen MR) is 235 cm³/mol. The van der Waals surface area contributed by atoms with Crippen LogP contribution in [0.1, 0.15) is 251 Å². The summed E-state index contributed by atoms with van der Waals surface area (Å²) in [6.07, 6.45) is 45.7. The molecule has 2 N–H and O–H groups in total. The second-order valence-corrected chi connectivity index (χ2v) is 16.5. The topological polar surface area (TPSA) is 26.0 Å². The van der Waals surface area contributed by atoms with Gasteiger partial charge in [0, 0.05) is 5.69 Å². The van der Waals surface area contributed by atoms with Crippen molar-refractivity contribution in [1.29, 1.82) is 0 Å². The Balaban J connectivity index is 0.0000240. The molecule has 3 atom stereocenters. The average molecular weight is 763 g/mol. The molecule has 1 aromatic rings. The van der Waals surface area contributed by atoms with E-state index in [0.717, 1.165) is 23.4 Å². The lowest BCUT2D eigenvalue weighted by Gasteiger charge is -2.22. The summed E-state index contributed by atoms with van der Waals surface area (Å²) in [5.41, 5.74) is 12.9. The van der Waals surface area contributed by atoms with Gasteiger partial charge in [0.1, 0.15) is 0 Å². The second-order valence-electron chi connectivity index (χ2n) is 16.5. The number of aryl methyl sites for hydroxylation is 1. The summed E-state index contributed by atoms with van der Waals surface area (Å²) in [6, 6.07) is 4.75. The van der Waals surface area contributed by atoms with E-state index in [4.69, 9.17) is 5.73 Å². The average Bonchev–Trinajstić information content (AvgIpc) is 3.11. The molecule has 0 spiro atoms. The SMILES string of the molecule is Br.CCCCCCC(CCCC)CCCc1ccc(N)c(CCCC(CCCC)CCCCCC)c1CCCC(CCCC)CCCCCC. The van der Waals surface area contributed by atoms with Gasteiger partial charge in [-0.05, 0) is 79.0 Å². The number of nitrogens with two attached hydrogens (primary N) is 1. The van der Waals surface area contributed by atoms with E-state index in [1.807, 2.05) is 0 Å². The Labute approximate surface area is 327 Å². The van der Waals surface area contributed by atoms with E-state index in [-0.39, 0.29) is 17.0 Å². The first-order chi connectivity index (χ1) is 24.0. The first kappa shape index (κ1) is 49.5. The maximum atomic E-state index is 6.90. The van der Waals surface area contributed by atoms with Crippen LogP contribution in [0.2, 0.25) is 0 Å². The highest BCUT2D eigenvalue weighted by Crippen LogP contribution is 2.32. The zero-order valence-corrected chi connectivity index (χ0v) is 36.9. The third-order valence-electron chi connectivity index (χ3n) is 12.0. The highest BCUT2D eigenvalue weighted by atomic mass is 79.9. The fraction of sp³-hybridized carbons (Fsp3) is 0.875. The summed E-state index contributed by atoms with van der Waals surface area (Å²) in [5.74, 6) is 2.76. The number of unbranched alkanes of at least 4 members (excludes halogenated alkanes) is 12. The zero-order chi connectivity index (χ0) is 35.8. The van der Waals surface area contributed by atoms with Gasteiger partial charge in [-0.25, -0.2) is 0 Å². The summed E-state index contributed by atoms with van der Waals surface area (Å²) < 4.78 is 0. The highest BCUT2D eigenvalue weighted by Gasteiger charge is 2.17. The molecule has 1 rings (SSSR count). The summed E-state index contributed by atoms with van der Waals surface area (Å²) in [5, 5.41) is 0. The zero-order valence-electron chi connectivity index (χ0n) is 35.2. The monoisotopic (exact) mass is 762 g/mol. The lowest BCUT2D eigenvalue weighted by molar-refractivity contribution is 0.375. The van der Waals surface area contributed by atoms with E-state index < -0.39 is 0 Å². The standard InChI is InChI=1S/C48H91N.BrH/c1-7-13-19-22-31-42(28-16-10-4)34-25-37-45-40-41-48(49)47(39-27-36-44(30-18-12-6)33-24-21-15-9-3)46(45)38-26-35-43(29-17-11-5)32-23-20-14-8-2;/h40-44H,7-39,49H2,1-6H3;1H. The van der Waals surface area contributed by atoms with E-state index >= 15 is 0 Å². The third-order valence-corrected chi connectivity index (χ3v) is 12.0. The van der Waals surface area contributed by atoms with Gasteiger partial charge in [-0.3, -0.25) is 0 Å². The molecule has 296 valence electrons. The van der Waals surface area contributed by atoms with Crippen LogP contribution >= 0.6 is 17.0 Å². The number of anilines is 1. The van der Waals surface area contributed by atoms with Gasteiger partial charge in [0.25, 0.3) is 0 Å². The van der Waals surface area contributed by atoms with Crippen LogP contribution in [-0.2, 0) is 19.3 Å². The van der Waals surface area contributed by atoms with E-state index in [1.54, 1.807) is 16.7 Å². The molecule has 1 nitrogen and oxygen atoms in total. The van der Waals surface area contributed by atoms with Crippen LogP contribution in [-0.4, -0.2) is 0 Å². The lowest BCUT2D eigenvalue weighted by atomic mass is 9.84. The molecule has 2 heteroatoms. The van der Waals surface area contributed by atoms with Gasteiger partial charge in [-0.15, -0.1) is 17.0 Å². The molecule has 3 unspecified atom stereocenters. The van der Waals surface area contributed by atoms with Gasteiger partial charge < -0.3 is 5.73 Å². The van der Waals surface area contributed by atoms with Gasteiger partial charge in [0.05, 0.1) is 0 Å². The van der Waals surface area contributed by atoms with Crippen LogP contribution in [0.3, 0.4) is 0 Å². The Kier molecular flexibility index (Phi) is 35.2. The Morgan fingerprint density at radius 2 is 0.680 bits per heavy atom. The van der Waals surface area contributed by atoms with Gasteiger partial charge in [0.2, 0.25) is 0 Å². The Bertz CT molecular complexity index is 849. The van der Waals surface area contributed by atoms with E-state index in [1.165, 1.54) is 212 Å². The van der Waals surface area contributed by atoms with Crippen molar-refractivity contribution in [2.45, 2.75) is 253 Å². The molecule has 0 aliphatic heterocycles. The molecule has 1 aromatic carbocycles. The van der Waals surface area contributed by atoms with E-state index in [0.29, 0.717) is 0 Å².